The fourth-order valence-electron chi connectivity index (χ4n) is 2.59. The Hall–Kier alpha value is -1.22. The Morgan fingerprint density at radius 1 is 1.30 bits per heavy atom. The highest BCUT2D eigenvalue weighted by atomic mass is 79.9. The van der Waals surface area contributed by atoms with Crippen LogP contribution in [0.15, 0.2) is 50.7 Å². The molecule has 3 aromatic heterocycles. The first kappa shape index (κ1) is 15.3. The quantitative estimate of drug-likeness (QED) is 0.645. The molecule has 1 aliphatic rings. The topological polar surface area (TPSA) is 54.7 Å². The number of thiophene rings is 1. The monoisotopic (exact) mass is 411 g/mol. The zero-order valence-corrected chi connectivity index (χ0v) is 15.3. The molecule has 120 valence electrons. The van der Waals surface area contributed by atoms with Crippen molar-refractivity contribution in [1.82, 2.24) is 13.7 Å². The molecule has 3 heterocycles. The van der Waals surface area contributed by atoms with Gasteiger partial charge >= 0.3 is 0 Å². The molecule has 0 spiro atoms. The van der Waals surface area contributed by atoms with Gasteiger partial charge < -0.3 is 4.40 Å². The van der Waals surface area contributed by atoms with E-state index in [1.165, 1.54) is 11.3 Å². The van der Waals surface area contributed by atoms with Crippen molar-refractivity contribution in [3.8, 4) is 0 Å². The van der Waals surface area contributed by atoms with Crippen molar-refractivity contribution in [2.24, 2.45) is 0 Å². The second-order valence-electron chi connectivity index (χ2n) is 5.52. The van der Waals surface area contributed by atoms with Crippen LogP contribution >= 0.6 is 27.3 Å². The molecule has 4 rings (SSSR count). The third kappa shape index (κ3) is 2.84. The fraction of sp³-hybridized carbons (Fsp3) is 0.267. The van der Waals surface area contributed by atoms with E-state index in [2.05, 4.69) is 20.9 Å². The van der Waals surface area contributed by atoms with Gasteiger partial charge in [-0.2, -0.15) is 4.31 Å². The van der Waals surface area contributed by atoms with E-state index in [-0.39, 0.29) is 6.04 Å². The molecule has 1 saturated carbocycles. The number of nitrogens with zero attached hydrogens (tertiary/aromatic N) is 3. The van der Waals surface area contributed by atoms with Crippen molar-refractivity contribution in [3.05, 3.63) is 52.2 Å². The van der Waals surface area contributed by atoms with Gasteiger partial charge in [-0.1, -0.05) is 6.07 Å². The molecule has 0 saturated heterocycles. The summed E-state index contributed by atoms with van der Waals surface area (Å²) in [5, 5.41) is 0. The van der Waals surface area contributed by atoms with Crippen LogP contribution in [0.4, 0.5) is 0 Å². The Labute approximate surface area is 146 Å². The first-order chi connectivity index (χ1) is 11.1. The van der Waals surface area contributed by atoms with E-state index >= 15 is 0 Å². The fourth-order valence-corrected chi connectivity index (χ4v) is 6.38. The summed E-state index contributed by atoms with van der Waals surface area (Å²) in [6, 6.07) is 9.28. The van der Waals surface area contributed by atoms with Crippen LogP contribution < -0.4 is 0 Å². The molecule has 0 aromatic carbocycles. The molecule has 0 aliphatic heterocycles. The average molecular weight is 412 g/mol. The van der Waals surface area contributed by atoms with Crippen molar-refractivity contribution < 1.29 is 8.42 Å². The highest BCUT2D eigenvalue weighted by Gasteiger charge is 2.39. The van der Waals surface area contributed by atoms with Gasteiger partial charge in [-0.25, -0.2) is 13.4 Å². The van der Waals surface area contributed by atoms with Gasteiger partial charge in [0.2, 0.25) is 0 Å². The summed E-state index contributed by atoms with van der Waals surface area (Å²) in [5.41, 5.74) is 1.71. The standard InChI is InChI=1S/C15H14BrN3O2S2/c16-13-6-7-15(22-13)23(20,21)19(11-4-5-11)10-12-9-17-14-3-1-2-8-18(12)14/h1-3,6-9,11H,4-5,10H2. The third-order valence-electron chi connectivity index (χ3n) is 3.88. The van der Waals surface area contributed by atoms with Crippen LogP contribution in [-0.2, 0) is 16.6 Å². The number of hydrogen-bond donors (Lipinski definition) is 0. The van der Waals surface area contributed by atoms with Crippen LogP contribution in [0, 0.1) is 0 Å². The van der Waals surface area contributed by atoms with Crippen molar-refractivity contribution in [2.75, 3.05) is 0 Å². The minimum atomic E-state index is -3.48. The summed E-state index contributed by atoms with van der Waals surface area (Å²) in [6.07, 6.45) is 5.51. The lowest BCUT2D eigenvalue weighted by Gasteiger charge is -2.20. The lowest BCUT2D eigenvalue weighted by molar-refractivity contribution is 0.394. The van der Waals surface area contributed by atoms with Crippen LogP contribution in [0.5, 0.6) is 0 Å². The van der Waals surface area contributed by atoms with Crippen molar-refractivity contribution in [3.63, 3.8) is 0 Å². The number of imidazole rings is 1. The molecule has 0 bridgehead atoms. The summed E-state index contributed by atoms with van der Waals surface area (Å²) in [6.45, 7) is 0.341. The second-order valence-corrected chi connectivity index (χ2v) is 10.1. The number of pyridine rings is 1. The molecule has 1 aliphatic carbocycles. The molecule has 5 nitrogen and oxygen atoms in total. The molecule has 3 aromatic rings. The van der Waals surface area contributed by atoms with E-state index in [0.717, 1.165) is 28.0 Å². The number of aromatic nitrogens is 2. The lowest BCUT2D eigenvalue weighted by atomic mass is 10.4. The van der Waals surface area contributed by atoms with Gasteiger partial charge in [0.15, 0.2) is 0 Å². The van der Waals surface area contributed by atoms with E-state index in [9.17, 15) is 8.42 Å². The lowest BCUT2D eigenvalue weighted by Crippen LogP contribution is -2.32. The Balaban J connectivity index is 1.72. The molecular formula is C15H14BrN3O2S2. The van der Waals surface area contributed by atoms with Gasteiger partial charge in [0, 0.05) is 12.2 Å². The molecule has 23 heavy (non-hydrogen) atoms. The van der Waals surface area contributed by atoms with E-state index < -0.39 is 10.0 Å². The van der Waals surface area contributed by atoms with Gasteiger partial charge in [-0.05, 0) is 53.0 Å². The molecule has 1 fully saturated rings. The van der Waals surface area contributed by atoms with E-state index in [1.807, 2.05) is 28.8 Å². The molecule has 8 heteroatoms. The van der Waals surface area contributed by atoms with Crippen molar-refractivity contribution in [1.29, 1.82) is 0 Å². The molecule has 0 N–H and O–H groups in total. The van der Waals surface area contributed by atoms with E-state index in [0.29, 0.717) is 10.8 Å². The Morgan fingerprint density at radius 3 is 2.83 bits per heavy atom. The Morgan fingerprint density at radius 2 is 2.13 bits per heavy atom. The Bertz CT molecular complexity index is 960. The van der Waals surface area contributed by atoms with Crippen LogP contribution in [0.25, 0.3) is 5.65 Å². The van der Waals surface area contributed by atoms with Crippen LogP contribution in [-0.4, -0.2) is 28.1 Å². The highest BCUT2D eigenvalue weighted by Crippen LogP contribution is 2.36. The first-order valence-corrected chi connectivity index (χ1v) is 10.3. The van der Waals surface area contributed by atoms with Gasteiger partial charge in [-0.15, -0.1) is 11.3 Å². The zero-order valence-electron chi connectivity index (χ0n) is 12.1. The van der Waals surface area contributed by atoms with Crippen LogP contribution in [0.3, 0.4) is 0 Å². The molecule has 0 atom stereocenters. The highest BCUT2D eigenvalue weighted by molar-refractivity contribution is 9.11. The Kier molecular flexibility index (Phi) is 3.79. The maximum Gasteiger partial charge on any atom is 0.253 e. The molecule has 0 amide bonds. The smallest absolute Gasteiger partial charge is 0.253 e. The largest absolute Gasteiger partial charge is 0.303 e. The SMILES string of the molecule is O=S(=O)(c1ccc(Br)s1)N(Cc1cnc2ccccn12)C1CC1. The van der Waals surface area contributed by atoms with Crippen LogP contribution in [0.2, 0.25) is 0 Å². The minimum Gasteiger partial charge on any atom is -0.303 e. The maximum atomic E-state index is 13.0. The zero-order chi connectivity index (χ0) is 16.0. The molecule has 0 unspecified atom stereocenters. The second kappa shape index (κ2) is 5.70. The van der Waals surface area contributed by atoms with Gasteiger partial charge in [0.25, 0.3) is 10.0 Å². The summed E-state index contributed by atoms with van der Waals surface area (Å²) in [4.78, 5) is 4.35. The molecular weight excluding hydrogens is 398 g/mol. The van der Waals surface area contributed by atoms with Crippen molar-refractivity contribution >= 4 is 42.9 Å². The first-order valence-electron chi connectivity index (χ1n) is 7.24. The number of sulfonamides is 1. The summed E-state index contributed by atoms with van der Waals surface area (Å²) in [7, 11) is -3.48. The normalized spacial score (nSPS) is 15.6. The average Bonchev–Trinajstić information content (AvgIpc) is 3.13. The number of rotatable bonds is 5. The van der Waals surface area contributed by atoms with Gasteiger partial charge in [0.05, 0.1) is 22.2 Å². The van der Waals surface area contributed by atoms with E-state index in [1.54, 1.807) is 22.6 Å². The molecule has 0 radical (unpaired) electrons. The summed E-state index contributed by atoms with van der Waals surface area (Å²) < 4.78 is 30.7. The minimum absolute atomic E-state index is 0.0927. The number of hydrogen-bond acceptors (Lipinski definition) is 4. The van der Waals surface area contributed by atoms with Gasteiger partial charge in [0.1, 0.15) is 9.86 Å². The van der Waals surface area contributed by atoms with Crippen molar-refractivity contribution in [2.45, 2.75) is 29.6 Å². The van der Waals surface area contributed by atoms with Crippen LogP contribution in [0.1, 0.15) is 18.5 Å². The predicted molar refractivity (Wildman–Crippen MR) is 93.0 cm³/mol. The summed E-state index contributed by atoms with van der Waals surface area (Å²) in [5.74, 6) is 0. The third-order valence-corrected chi connectivity index (χ3v) is 7.87. The number of halogens is 1. The maximum absolute atomic E-state index is 13.0. The van der Waals surface area contributed by atoms with Gasteiger partial charge in [-0.3, -0.25) is 0 Å². The number of fused-ring (bicyclic) bond motifs is 1. The summed E-state index contributed by atoms with van der Waals surface area (Å²) >= 11 is 4.59. The predicted octanol–water partition coefficient (Wildman–Crippen LogP) is 3.51. The van der Waals surface area contributed by atoms with E-state index in [4.69, 9.17) is 0 Å².